The standard InChI is InChI=1S/C16H29NO3/c1-4-20-15(18)13-5-7-16(19,8-6-13)11-17(3)10-14-9-12(14)2/h12-14,19H,4-11H2,1-3H3. The number of carbonyl (C=O) groups is 1. The molecule has 0 aromatic heterocycles. The molecule has 2 saturated carbocycles. The number of esters is 1. The first-order chi connectivity index (χ1) is 9.43. The maximum absolute atomic E-state index is 11.7. The molecule has 0 aliphatic heterocycles. The zero-order chi connectivity index (χ0) is 14.8. The summed E-state index contributed by atoms with van der Waals surface area (Å²) in [5.41, 5.74) is -0.615. The average molecular weight is 283 g/mol. The number of hydrogen-bond donors (Lipinski definition) is 1. The molecule has 1 N–H and O–H groups in total. The van der Waals surface area contributed by atoms with E-state index in [2.05, 4.69) is 18.9 Å². The number of likely N-dealkylation sites (N-methyl/N-ethyl adjacent to an activating group) is 1. The van der Waals surface area contributed by atoms with E-state index in [4.69, 9.17) is 4.74 Å². The van der Waals surface area contributed by atoms with E-state index in [1.54, 1.807) is 0 Å². The quantitative estimate of drug-likeness (QED) is 0.758. The monoisotopic (exact) mass is 283 g/mol. The molecule has 0 saturated heterocycles. The van der Waals surface area contributed by atoms with Gasteiger partial charge in [-0.1, -0.05) is 6.92 Å². The van der Waals surface area contributed by atoms with Crippen molar-refractivity contribution in [1.29, 1.82) is 0 Å². The molecule has 0 spiro atoms. The lowest BCUT2D eigenvalue weighted by Crippen LogP contribution is -2.45. The largest absolute Gasteiger partial charge is 0.466 e. The van der Waals surface area contributed by atoms with E-state index >= 15 is 0 Å². The van der Waals surface area contributed by atoms with E-state index in [-0.39, 0.29) is 11.9 Å². The van der Waals surface area contributed by atoms with Gasteiger partial charge in [0.15, 0.2) is 0 Å². The van der Waals surface area contributed by atoms with Crippen molar-refractivity contribution >= 4 is 5.97 Å². The summed E-state index contributed by atoms with van der Waals surface area (Å²) in [7, 11) is 2.10. The lowest BCUT2D eigenvalue weighted by molar-refractivity contribution is -0.151. The Kier molecular flexibility index (Phi) is 5.08. The molecular formula is C16H29NO3. The fourth-order valence-electron chi connectivity index (χ4n) is 3.43. The van der Waals surface area contributed by atoms with Crippen LogP contribution in [0.15, 0.2) is 0 Å². The fraction of sp³-hybridized carbons (Fsp3) is 0.938. The minimum Gasteiger partial charge on any atom is -0.466 e. The molecule has 0 heterocycles. The second-order valence-electron chi connectivity index (χ2n) is 6.92. The Labute approximate surface area is 122 Å². The topological polar surface area (TPSA) is 49.8 Å². The molecule has 0 aromatic carbocycles. The third kappa shape index (κ3) is 4.19. The van der Waals surface area contributed by atoms with Crippen molar-refractivity contribution in [2.45, 2.75) is 51.6 Å². The summed E-state index contributed by atoms with van der Waals surface area (Å²) in [5, 5.41) is 10.7. The van der Waals surface area contributed by atoms with Crippen LogP contribution < -0.4 is 0 Å². The van der Waals surface area contributed by atoms with Gasteiger partial charge in [0, 0.05) is 13.1 Å². The molecule has 2 rings (SSSR count). The van der Waals surface area contributed by atoms with Gasteiger partial charge in [-0.25, -0.2) is 0 Å². The van der Waals surface area contributed by atoms with Crippen LogP contribution in [0, 0.1) is 17.8 Å². The Balaban J connectivity index is 1.74. The summed E-state index contributed by atoms with van der Waals surface area (Å²) < 4.78 is 5.07. The van der Waals surface area contributed by atoms with Gasteiger partial charge in [0.1, 0.15) is 0 Å². The van der Waals surface area contributed by atoms with Crippen LogP contribution in [0.25, 0.3) is 0 Å². The molecule has 2 unspecified atom stereocenters. The zero-order valence-electron chi connectivity index (χ0n) is 13.1. The van der Waals surface area contributed by atoms with Crippen LogP contribution in [0.1, 0.15) is 46.0 Å². The number of hydrogen-bond acceptors (Lipinski definition) is 4. The smallest absolute Gasteiger partial charge is 0.308 e. The van der Waals surface area contributed by atoms with Crippen molar-refractivity contribution in [3.8, 4) is 0 Å². The molecular weight excluding hydrogens is 254 g/mol. The molecule has 4 heteroatoms. The van der Waals surface area contributed by atoms with Crippen LogP contribution in [-0.4, -0.2) is 48.3 Å². The molecule has 0 radical (unpaired) electrons. The molecule has 0 amide bonds. The van der Waals surface area contributed by atoms with E-state index in [1.165, 1.54) is 6.42 Å². The predicted octanol–water partition coefficient (Wildman–Crippen LogP) is 2.06. The van der Waals surface area contributed by atoms with Crippen LogP contribution in [-0.2, 0) is 9.53 Å². The van der Waals surface area contributed by atoms with E-state index in [0.29, 0.717) is 19.4 Å². The Morgan fingerprint density at radius 3 is 2.50 bits per heavy atom. The predicted molar refractivity (Wildman–Crippen MR) is 78.3 cm³/mol. The van der Waals surface area contributed by atoms with E-state index in [0.717, 1.165) is 37.8 Å². The molecule has 0 aromatic rings. The summed E-state index contributed by atoms with van der Waals surface area (Å²) >= 11 is 0. The third-order valence-electron chi connectivity index (χ3n) is 4.92. The first-order valence-corrected chi connectivity index (χ1v) is 8.01. The molecule has 2 fully saturated rings. The third-order valence-corrected chi connectivity index (χ3v) is 4.92. The van der Waals surface area contributed by atoms with Crippen molar-refractivity contribution in [3.05, 3.63) is 0 Å². The van der Waals surface area contributed by atoms with Crippen molar-refractivity contribution in [2.24, 2.45) is 17.8 Å². The maximum atomic E-state index is 11.7. The van der Waals surface area contributed by atoms with Gasteiger partial charge < -0.3 is 14.7 Å². The van der Waals surface area contributed by atoms with Gasteiger partial charge in [-0.3, -0.25) is 4.79 Å². The summed E-state index contributed by atoms with van der Waals surface area (Å²) in [6.07, 6.45) is 4.25. The van der Waals surface area contributed by atoms with Gasteiger partial charge in [0.05, 0.1) is 18.1 Å². The van der Waals surface area contributed by atoms with Gasteiger partial charge in [-0.15, -0.1) is 0 Å². The highest BCUT2D eigenvalue weighted by atomic mass is 16.5. The highest BCUT2D eigenvalue weighted by Gasteiger charge is 2.39. The van der Waals surface area contributed by atoms with Gasteiger partial charge >= 0.3 is 5.97 Å². The van der Waals surface area contributed by atoms with Gasteiger partial charge in [-0.05, 0) is 57.9 Å². The minimum atomic E-state index is -0.615. The van der Waals surface area contributed by atoms with Crippen LogP contribution >= 0.6 is 0 Å². The maximum Gasteiger partial charge on any atom is 0.308 e. The number of aliphatic hydroxyl groups is 1. The van der Waals surface area contributed by atoms with Crippen molar-refractivity contribution < 1.29 is 14.6 Å². The summed E-state index contributed by atoms with van der Waals surface area (Å²) in [6, 6.07) is 0. The van der Waals surface area contributed by atoms with Crippen molar-refractivity contribution in [1.82, 2.24) is 4.90 Å². The first-order valence-electron chi connectivity index (χ1n) is 8.01. The second kappa shape index (κ2) is 6.44. The van der Waals surface area contributed by atoms with E-state index in [9.17, 15) is 9.90 Å². The van der Waals surface area contributed by atoms with E-state index < -0.39 is 5.60 Å². The average Bonchev–Trinajstić information content (AvgIpc) is 3.05. The normalized spacial score (nSPS) is 37.0. The summed E-state index contributed by atoms with van der Waals surface area (Å²) in [6.45, 7) is 6.39. The van der Waals surface area contributed by atoms with E-state index in [1.807, 2.05) is 6.92 Å². The van der Waals surface area contributed by atoms with Crippen LogP contribution in [0.4, 0.5) is 0 Å². The van der Waals surface area contributed by atoms with Crippen LogP contribution in [0.2, 0.25) is 0 Å². The highest BCUT2D eigenvalue weighted by Crippen LogP contribution is 2.39. The second-order valence-corrected chi connectivity index (χ2v) is 6.92. The zero-order valence-corrected chi connectivity index (χ0v) is 13.1. The number of rotatable bonds is 6. The Morgan fingerprint density at radius 2 is 2.00 bits per heavy atom. The summed E-state index contributed by atoms with van der Waals surface area (Å²) in [5.74, 6) is 1.57. The number of nitrogens with zero attached hydrogens (tertiary/aromatic N) is 1. The fourth-order valence-corrected chi connectivity index (χ4v) is 3.43. The van der Waals surface area contributed by atoms with Gasteiger partial charge in [0.2, 0.25) is 0 Å². The minimum absolute atomic E-state index is 0.0102. The molecule has 20 heavy (non-hydrogen) atoms. The highest BCUT2D eigenvalue weighted by molar-refractivity contribution is 5.72. The van der Waals surface area contributed by atoms with Crippen molar-refractivity contribution in [2.75, 3.05) is 26.7 Å². The summed E-state index contributed by atoms with van der Waals surface area (Å²) in [4.78, 5) is 14.0. The first kappa shape index (κ1) is 15.8. The van der Waals surface area contributed by atoms with Crippen molar-refractivity contribution in [3.63, 3.8) is 0 Å². The van der Waals surface area contributed by atoms with Gasteiger partial charge in [-0.2, -0.15) is 0 Å². The molecule has 4 nitrogen and oxygen atoms in total. The Hall–Kier alpha value is -0.610. The molecule has 116 valence electrons. The van der Waals surface area contributed by atoms with Crippen LogP contribution in [0.5, 0.6) is 0 Å². The van der Waals surface area contributed by atoms with Crippen LogP contribution in [0.3, 0.4) is 0 Å². The van der Waals surface area contributed by atoms with Gasteiger partial charge in [0.25, 0.3) is 0 Å². The molecule has 2 atom stereocenters. The molecule has 0 bridgehead atoms. The lowest BCUT2D eigenvalue weighted by atomic mass is 9.78. The Bertz CT molecular complexity index is 337. The lowest BCUT2D eigenvalue weighted by Gasteiger charge is -2.38. The SMILES string of the molecule is CCOC(=O)C1CCC(O)(CN(C)CC2CC2C)CC1. The molecule has 2 aliphatic rings. The Morgan fingerprint density at radius 1 is 1.40 bits per heavy atom. The number of carbonyl (C=O) groups excluding carboxylic acids is 1. The molecule has 2 aliphatic carbocycles. The number of ether oxygens (including phenoxy) is 1.